The fourth-order valence-corrected chi connectivity index (χ4v) is 3.61. The van der Waals surface area contributed by atoms with Gasteiger partial charge in [0, 0.05) is 13.1 Å². The topological polar surface area (TPSA) is 58.6 Å². The second-order valence-corrected chi connectivity index (χ2v) is 9.26. The maximum absolute atomic E-state index is 13.3. The van der Waals surface area contributed by atoms with Crippen LogP contribution in [-0.4, -0.2) is 35.9 Å². The summed E-state index contributed by atoms with van der Waals surface area (Å²) in [6, 6.07) is 15.3. The number of hydrogen-bond acceptors (Lipinski definition) is 3. The van der Waals surface area contributed by atoms with Crippen LogP contribution in [0.15, 0.2) is 48.5 Å². The Labute approximate surface area is 193 Å². The van der Waals surface area contributed by atoms with Crippen LogP contribution < -0.4 is 10.1 Å². The van der Waals surface area contributed by atoms with E-state index in [0.29, 0.717) is 25.3 Å². The Bertz CT molecular complexity index is 885. The van der Waals surface area contributed by atoms with Gasteiger partial charge in [-0.1, -0.05) is 82.6 Å². The van der Waals surface area contributed by atoms with Crippen LogP contribution in [0.4, 0.5) is 0 Å². The quantitative estimate of drug-likeness (QED) is 0.568. The smallest absolute Gasteiger partial charge is 0.261 e. The van der Waals surface area contributed by atoms with Crippen LogP contribution in [0.2, 0.25) is 0 Å². The Morgan fingerprint density at radius 1 is 1.03 bits per heavy atom. The van der Waals surface area contributed by atoms with E-state index in [2.05, 4.69) is 26.1 Å². The number of aryl methyl sites for hydroxylation is 1. The highest BCUT2D eigenvalue weighted by atomic mass is 16.5. The van der Waals surface area contributed by atoms with Crippen molar-refractivity contribution in [3.63, 3.8) is 0 Å². The molecule has 2 rings (SSSR count). The predicted molar refractivity (Wildman–Crippen MR) is 130 cm³/mol. The molecule has 1 N–H and O–H groups in total. The first-order valence-corrected chi connectivity index (χ1v) is 11.5. The lowest BCUT2D eigenvalue weighted by molar-refractivity contribution is -0.143. The van der Waals surface area contributed by atoms with Gasteiger partial charge in [0.05, 0.1) is 0 Å². The molecule has 2 amide bonds. The Morgan fingerprint density at radius 3 is 2.28 bits per heavy atom. The van der Waals surface area contributed by atoms with Crippen LogP contribution >= 0.6 is 0 Å². The molecule has 2 aromatic carbocycles. The van der Waals surface area contributed by atoms with Gasteiger partial charge < -0.3 is 15.0 Å². The molecule has 2 aromatic rings. The zero-order valence-corrected chi connectivity index (χ0v) is 20.4. The Hall–Kier alpha value is -2.82. The highest BCUT2D eigenvalue weighted by Crippen LogP contribution is 2.31. The van der Waals surface area contributed by atoms with Crippen molar-refractivity contribution < 1.29 is 14.3 Å². The molecule has 5 heteroatoms. The van der Waals surface area contributed by atoms with Crippen molar-refractivity contribution in [2.24, 2.45) is 0 Å². The van der Waals surface area contributed by atoms with E-state index in [0.717, 1.165) is 23.1 Å². The minimum Gasteiger partial charge on any atom is -0.483 e. The number of amides is 2. The summed E-state index contributed by atoms with van der Waals surface area (Å²) >= 11 is 0. The zero-order valence-electron chi connectivity index (χ0n) is 20.4. The molecule has 0 unspecified atom stereocenters. The van der Waals surface area contributed by atoms with Crippen molar-refractivity contribution in [1.82, 2.24) is 10.2 Å². The van der Waals surface area contributed by atoms with Crippen LogP contribution in [0.1, 0.15) is 64.2 Å². The lowest BCUT2D eigenvalue weighted by Gasteiger charge is -2.31. The molecule has 0 fully saturated rings. The SMILES string of the molecule is CCCNC(=O)[C@@H](CC)N(Cc1ccc(C)cc1)C(=O)COc1ccccc1C(C)(C)C. The molecule has 0 saturated heterocycles. The van der Waals surface area contributed by atoms with Crippen LogP contribution in [-0.2, 0) is 21.5 Å². The predicted octanol–water partition coefficient (Wildman–Crippen LogP) is 5.00. The maximum atomic E-state index is 13.3. The fourth-order valence-electron chi connectivity index (χ4n) is 3.61. The third-order valence-electron chi connectivity index (χ3n) is 5.45. The molecule has 0 spiro atoms. The number of hydrogen-bond donors (Lipinski definition) is 1. The van der Waals surface area contributed by atoms with Gasteiger partial charge >= 0.3 is 0 Å². The van der Waals surface area contributed by atoms with E-state index in [4.69, 9.17) is 4.74 Å². The Kier molecular flexibility index (Phi) is 9.30. The minimum atomic E-state index is -0.545. The third kappa shape index (κ3) is 7.11. The average Bonchev–Trinajstić information content (AvgIpc) is 2.76. The number of carbonyl (C=O) groups is 2. The van der Waals surface area contributed by atoms with E-state index >= 15 is 0 Å². The van der Waals surface area contributed by atoms with Gasteiger partial charge in [-0.25, -0.2) is 0 Å². The Balaban J connectivity index is 2.25. The summed E-state index contributed by atoms with van der Waals surface area (Å²) in [5.74, 6) is 0.379. The molecule has 32 heavy (non-hydrogen) atoms. The Morgan fingerprint density at radius 2 is 1.69 bits per heavy atom. The number of nitrogens with one attached hydrogen (secondary N) is 1. The summed E-state index contributed by atoms with van der Waals surface area (Å²) in [7, 11) is 0. The standard InChI is InChI=1S/C27H38N2O3/c1-7-17-28-26(31)23(8-2)29(18-21-15-13-20(3)14-16-21)25(30)19-32-24-12-10-9-11-22(24)27(4,5)6/h9-16,23H,7-8,17-19H2,1-6H3,(H,28,31)/t23-/m1/s1. The van der Waals surface area contributed by atoms with Crippen LogP contribution in [0.25, 0.3) is 0 Å². The van der Waals surface area contributed by atoms with Gasteiger partial charge in [-0.3, -0.25) is 9.59 Å². The van der Waals surface area contributed by atoms with E-state index in [1.807, 2.05) is 69.3 Å². The van der Waals surface area contributed by atoms with E-state index in [-0.39, 0.29) is 23.8 Å². The van der Waals surface area contributed by atoms with Crippen molar-refractivity contribution in [1.29, 1.82) is 0 Å². The van der Waals surface area contributed by atoms with Gasteiger partial charge in [-0.05, 0) is 42.4 Å². The van der Waals surface area contributed by atoms with Gasteiger partial charge in [0.1, 0.15) is 11.8 Å². The van der Waals surface area contributed by atoms with E-state index in [1.165, 1.54) is 0 Å². The highest BCUT2D eigenvalue weighted by Gasteiger charge is 2.29. The average molecular weight is 439 g/mol. The summed E-state index contributed by atoms with van der Waals surface area (Å²) in [5, 5.41) is 2.94. The third-order valence-corrected chi connectivity index (χ3v) is 5.45. The summed E-state index contributed by atoms with van der Waals surface area (Å²) in [6.07, 6.45) is 1.38. The molecule has 0 aliphatic carbocycles. The van der Waals surface area contributed by atoms with E-state index < -0.39 is 6.04 Å². The summed E-state index contributed by atoms with van der Waals surface area (Å²) < 4.78 is 6.00. The monoisotopic (exact) mass is 438 g/mol. The van der Waals surface area contributed by atoms with Crippen molar-refractivity contribution in [2.45, 2.75) is 72.4 Å². The van der Waals surface area contributed by atoms with Crippen LogP contribution in [0, 0.1) is 6.92 Å². The zero-order chi connectivity index (χ0) is 23.7. The molecule has 174 valence electrons. The number of benzene rings is 2. The van der Waals surface area contributed by atoms with Gasteiger partial charge in [-0.15, -0.1) is 0 Å². The highest BCUT2D eigenvalue weighted by molar-refractivity contribution is 5.88. The van der Waals surface area contributed by atoms with Gasteiger partial charge in [0.2, 0.25) is 5.91 Å². The number of rotatable bonds is 10. The maximum Gasteiger partial charge on any atom is 0.261 e. The molecular weight excluding hydrogens is 400 g/mol. The van der Waals surface area contributed by atoms with Crippen molar-refractivity contribution in [2.75, 3.05) is 13.2 Å². The van der Waals surface area contributed by atoms with Gasteiger partial charge in [0.15, 0.2) is 6.61 Å². The first kappa shape index (κ1) is 25.4. The largest absolute Gasteiger partial charge is 0.483 e. The summed E-state index contributed by atoms with van der Waals surface area (Å²) in [5.41, 5.74) is 3.08. The van der Waals surface area contributed by atoms with E-state index in [1.54, 1.807) is 4.90 Å². The first-order chi connectivity index (χ1) is 15.2. The minimum absolute atomic E-state index is 0.104. The lowest BCUT2D eigenvalue weighted by Crippen LogP contribution is -2.50. The summed E-state index contributed by atoms with van der Waals surface area (Å²) in [6.45, 7) is 13.2. The van der Waals surface area contributed by atoms with Crippen molar-refractivity contribution in [3.8, 4) is 5.75 Å². The molecule has 0 radical (unpaired) electrons. The van der Waals surface area contributed by atoms with Crippen molar-refractivity contribution >= 4 is 11.8 Å². The number of carbonyl (C=O) groups excluding carboxylic acids is 2. The molecule has 5 nitrogen and oxygen atoms in total. The van der Waals surface area contributed by atoms with E-state index in [9.17, 15) is 9.59 Å². The normalized spacial score (nSPS) is 12.2. The van der Waals surface area contributed by atoms with Crippen LogP contribution in [0.5, 0.6) is 5.75 Å². The molecule has 0 aromatic heterocycles. The first-order valence-electron chi connectivity index (χ1n) is 11.5. The second kappa shape index (κ2) is 11.7. The van der Waals surface area contributed by atoms with Gasteiger partial charge in [0.25, 0.3) is 5.91 Å². The van der Waals surface area contributed by atoms with Crippen LogP contribution in [0.3, 0.4) is 0 Å². The number of para-hydroxylation sites is 1. The number of nitrogens with zero attached hydrogens (tertiary/aromatic N) is 1. The second-order valence-electron chi connectivity index (χ2n) is 9.26. The molecule has 0 aliphatic heterocycles. The fraction of sp³-hybridized carbons (Fsp3) is 0.481. The molecule has 0 saturated carbocycles. The molecule has 1 atom stereocenters. The summed E-state index contributed by atoms with van der Waals surface area (Å²) in [4.78, 5) is 27.8. The molecule has 0 heterocycles. The van der Waals surface area contributed by atoms with Crippen molar-refractivity contribution in [3.05, 3.63) is 65.2 Å². The lowest BCUT2D eigenvalue weighted by atomic mass is 9.86. The van der Waals surface area contributed by atoms with Gasteiger partial charge in [-0.2, -0.15) is 0 Å². The molecular formula is C27H38N2O3. The number of ether oxygens (including phenoxy) is 1. The molecule has 0 bridgehead atoms. The molecule has 0 aliphatic rings.